The van der Waals surface area contributed by atoms with Gasteiger partial charge in [-0.15, -0.1) is 0 Å². The minimum absolute atomic E-state index is 0.0666. The summed E-state index contributed by atoms with van der Waals surface area (Å²) in [5, 5.41) is 3.43. The van der Waals surface area contributed by atoms with Gasteiger partial charge in [0.1, 0.15) is 4.60 Å². The van der Waals surface area contributed by atoms with Gasteiger partial charge in [0.2, 0.25) is 0 Å². The molecule has 0 spiro atoms. The zero-order valence-corrected chi connectivity index (χ0v) is 24.8. The third kappa shape index (κ3) is 8.31. The molecule has 13 heteroatoms. The maximum atomic E-state index is 10.5. The van der Waals surface area contributed by atoms with Gasteiger partial charge in [-0.2, -0.15) is 16.8 Å². The predicted octanol–water partition coefficient (Wildman–Crippen LogP) is 4.50. The summed E-state index contributed by atoms with van der Waals surface area (Å²) in [7, 11) is -8.04. The van der Waals surface area contributed by atoms with Gasteiger partial charge in [0, 0.05) is 31.6 Å². The minimum Gasteiger partial charge on any atom is -0.365 e. The highest BCUT2D eigenvalue weighted by atomic mass is 79.9. The number of rotatable bonds is 3. The first kappa shape index (κ1) is 29.7. The van der Waals surface area contributed by atoms with Crippen LogP contribution >= 0.6 is 31.9 Å². The third-order valence-electron chi connectivity index (χ3n) is 5.89. The summed E-state index contributed by atoms with van der Waals surface area (Å²) < 4.78 is 61.0. The van der Waals surface area contributed by atoms with Crippen LogP contribution in [0, 0.1) is 19.8 Å². The van der Waals surface area contributed by atoms with Gasteiger partial charge in [-0.05, 0) is 76.0 Å². The molecule has 0 saturated carbocycles. The van der Waals surface area contributed by atoms with Crippen LogP contribution in [-0.4, -0.2) is 56.6 Å². The standard InChI is InChI=1S/C10H11Br2N3.2C7H8O3S/c11-8-1-7(3-14-10(8)12)15-5-6-2-13-4-9(6)15;2*1-6-2-4-7(5-3-6)11(8,9)10/h1,3,6,9,13H,2,4-5H2;2*2-5H,1H3,(H,8,9,10)/t6-,9-;;/m1../s1. The van der Waals surface area contributed by atoms with Gasteiger partial charge in [0.25, 0.3) is 20.2 Å². The highest BCUT2D eigenvalue weighted by Crippen LogP contribution is 2.35. The molecule has 1 aromatic heterocycles. The maximum absolute atomic E-state index is 10.5. The molecule has 2 aliphatic rings. The molecule has 2 aliphatic heterocycles. The lowest BCUT2D eigenvalue weighted by Gasteiger charge is -2.45. The van der Waals surface area contributed by atoms with E-state index in [9.17, 15) is 16.8 Å². The van der Waals surface area contributed by atoms with Crippen molar-refractivity contribution in [3.63, 3.8) is 0 Å². The molecule has 2 fully saturated rings. The van der Waals surface area contributed by atoms with Gasteiger partial charge >= 0.3 is 0 Å². The molecule has 3 heterocycles. The second-order valence-corrected chi connectivity index (χ2v) is 13.1. The molecule has 3 aromatic rings. The minimum atomic E-state index is -4.02. The molecule has 0 bridgehead atoms. The van der Waals surface area contributed by atoms with Crippen molar-refractivity contribution in [3.05, 3.63) is 81.0 Å². The molecular formula is C24H27Br2N3O6S2. The van der Waals surface area contributed by atoms with Crippen LogP contribution in [0.4, 0.5) is 5.69 Å². The predicted molar refractivity (Wildman–Crippen MR) is 149 cm³/mol. The largest absolute Gasteiger partial charge is 0.365 e. The fourth-order valence-corrected chi connectivity index (χ4v) is 5.32. The molecule has 2 aromatic carbocycles. The summed E-state index contributed by atoms with van der Waals surface area (Å²) >= 11 is 6.87. The van der Waals surface area contributed by atoms with E-state index in [1.165, 1.54) is 36.5 Å². The number of fused-ring (bicyclic) bond motifs is 1. The zero-order valence-electron chi connectivity index (χ0n) is 20.0. The van der Waals surface area contributed by atoms with E-state index in [-0.39, 0.29) is 9.79 Å². The Morgan fingerprint density at radius 2 is 1.35 bits per heavy atom. The second-order valence-electron chi connectivity index (χ2n) is 8.68. The fourth-order valence-electron chi connectivity index (χ4n) is 3.81. The van der Waals surface area contributed by atoms with Gasteiger partial charge in [-0.3, -0.25) is 9.11 Å². The van der Waals surface area contributed by atoms with E-state index in [4.69, 9.17) is 9.11 Å². The second kappa shape index (κ2) is 12.3. The molecule has 3 N–H and O–H groups in total. The number of nitrogens with zero attached hydrogens (tertiary/aromatic N) is 2. The number of hydrogen-bond donors (Lipinski definition) is 3. The van der Waals surface area contributed by atoms with Crippen LogP contribution in [0.3, 0.4) is 0 Å². The van der Waals surface area contributed by atoms with Crippen molar-refractivity contribution in [1.82, 2.24) is 10.3 Å². The molecule has 2 atom stereocenters. The summed E-state index contributed by atoms with van der Waals surface area (Å²) in [6.45, 7) is 7.12. The van der Waals surface area contributed by atoms with E-state index in [0.29, 0.717) is 6.04 Å². The van der Waals surface area contributed by atoms with Crippen LogP contribution in [-0.2, 0) is 20.2 Å². The number of aromatic nitrogens is 1. The number of aryl methyl sites for hydroxylation is 2. The summed E-state index contributed by atoms with van der Waals surface area (Å²) in [6, 6.07) is 14.8. The Kier molecular flexibility index (Phi) is 9.89. The van der Waals surface area contributed by atoms with Crippen LogP contribution in [0.15, 0.2) is 79.7 Å². The van der Waals surface area contributed by atoms with Crippen LogP contribution in [0.2, 0.25) is 0 Å². The molecule has 0 unspecified atom stereocenters. The third-order valence-corrected chi connectivity index (χ3v) is 9.39. The lowest BCUT2D eigenvalue weighted by Crippen LogP contribution is -2.55. The van der Waals surface area contributed by atoms with Crippen molar-refractivity contribution in [1.29, 1.82) is 0 Å². The average molecular weight is 677 g/mol. The van der Waals surface area contributed by atoms with Crippen LogP contribution in [0.1, 0.15) is 11.1 Å². The highest BCUT2D eigenvalue weighted by Gasteiger charge is 2.42. The summed E-state index contributed by atoms with van der Waals surface area (Å²) in [5.74, 6) is 0.840. The molecule has 2 saturated heterocycles. The van der Waals surface area contributed by atoms with Crippen LogP contribution < -0.4 is 10.2 Å². The zero-order chi connectivity index (χ0) is 27.4. The Labute approximate surface area is 234 Å². The lowest BCUT2D eigenvalue weighted by atomic mass is 9.91. The Morgan fingerprint density at radius 3 is 1.76 bits per heavy atom. The maximum Gasteiger partial charge on any atom is 0.294 e. The Balaban J connectivity index is 0.000000158. The summed E-state index contributed by atoms with van der Waals surface area (Å²) in [6.07, 6.45) is 1.93. The van der Waals surface area contributed by atoms with Crippen LogP contribution in [0.25, 0.3) is 0 Å². The number of anilines is 1. The SMILES string of the molecule is Brc1cc(N2C[C@H]3CNC[C@H]32)cnc1Br.Cc1ccc(S(=O)(=O)O)cc1.Cc1ccc(S(=O)(=O)O)cc1. The van der Waals surface area contributed by atoms with Gasteiger partial charge in [-0.1, -0.05) is 35.4 Å². The highest BCUT2D eigenvalue weighted by molar-refractivity contribution is 9.13. The molecule has 0 aliphatic carbocycles. The summed E-state index contributed by atoms with van der Waals surface area (Å²) in [5.41, 5.74) is 3.13. The van der Waals surface area contributed by atoms with Crippen LogP contribution in [0.5, 0.6) is 0 Å². The molecule has 37 heavy (non-hydrogen) atoms. The average Bonchev–Trinajstić information content (AvgIpc) is 3.16. The van der Waals surface area contributed by atoms with E-state index in [0.717, 1.165) is 39.2 Å². The monoisotopic (exact) mass is 675 g/mol. The molecule has 200 valence electrons. The number of benzene rings is 2. The van der Waals surface area contributed by atoms with Crippen molar-refractivity contribution in [2.75, 3.05) is 24.5 Å². The van der Waals surface area contributed by atoms with Gasteiger partial charge in [0.05, 0.1) is 26.1 Å². The van der Waals surface area contributed by atoms with E-state index < -0.39 is 20.2 Å². The first-order chi connectivity index (χ1) is 17.3. The van der Waals surface area contributed by atoms with E-state index in [2.05, 4.69) is 53.1 Å². The smallest absolute Gasteiger partial charge is 0.294 e. The fraction of sp³-hybridized carbons (Fsp3) is 0.292. The molecule has 0 amide bonds. The Bertz CT molecular complexity index is 1360. The van der Waals surface area contributed by atoms with Crippen molar-refractivity contribution in [2.24, 2.45) is 5.92 Å². The number of hydrogen-bond acceptors (Lipinski definition) is 7. The Hall–Kier alpha value is -1.87. The molecule has 5 rings (SSSR count). The molecule has 9 nitrogen and oxygen atoms in total. The van der Waals surface area contributed by atoms with Gasteiger partial charge in [0.15, 0.2) is 0 Å². The number of halogens is 2. The molecular weight excluding hydrogens is 650 g/mol. The van der Waals surface area contributed by atoms with Crippen molar-refractivity contribution < 1.29 is 25.9 Å². The lowest BCUT2D eigenvalue weighted by molar-refractivity contribution is 0.365. The van der Waals surface area contributed by atoms with Crippen molar-refractivity contribution >= 4 is 57.8 Å². The van der Waals surface area contributed by atoms with Crippen molar-refractivity contribution in [2.45, 2.75) is 29.7 Å². The number of pyridine rings is 1. The topological polar surface area (TPSA) is 137 Å². The van der Waals surface area contributed by atoms with E-state index in [1.54, 1.807) is 24.3 Å². The van der Waals surface area contributed by atoms with Gasteiger partial charge < -0.3 is 10.2 Å². The van der Waals surface area contributed by atoms with Gasteiger partial charge in [-0.25, -0.2) is 4.98 Å². The Morgan fingerprint density at radius 1 is 0.865 bits per heavy atom. The summed E-state index contributed by atoms with van der Waals surface area (Å²) in [4.78, 5) is 6.60. The molecule has 0 radical (unpaired) electrons. The number of nitrogens with one attached hydrogen (secondary N) is 1. The normalized spacial score (nSPS) is 18.5. The van der Waals surface area contributed by atoms with E-state index >= 15 is 0 Å². The first-order valence-electron chi connectivity index (χ1n) is 11.1. The first-order valence-corrected chi connectivity index (χ1v) is 15.6. The van der Waals surface area contributed by atoms with Crippen molar-refractivity contribution in [3.8, 4) is 0 Å². The quantitative estimate of drug-likeness (QED) is 0.271. The van der Waals surface area contributed by atoms with E-state index in [1.807, 2.05) is 20.0 Å².